The van der Waals surface area contributed by atoms with E-state index in [1.807, 2.05) is 6.07 Å². The van der Waals surface area contributed by atoms with Gasteiger partial charge in [-0.05, 0) is 29.0 Å². The highest BCUT2D eigenvalue weighted by molar-refractivity contribution is 5.31. The van der Waals surface area contributed by atoms with Gasteiger partial charge in [0.05, 0.1) is 0 Å². The number of benzene rings is 1. The zero-order chi connectivity index (χ0) is 14.0. The molecule has 0 aromatic heterocycles. The van der Waals surface area contributed by atoms with Crippen molar-refractivity contribution in [1.82, 2.24) is 0 Å². The van der Waals surface area contributed by atoms with Crippen LogP contribution in [0, 0.1) is 5.41 Å². The van der Waals surface area contributed by atoms with Gasteiger partial charge in [0.15, 0.2) is 6.61 Å². The number of alkyl halides is 3. The minimum absolute atomic E-state index is 0.0582. The third kappa shape index (κ3) is 4.59. The molecule has 1 aromatic rings. The fourth-order valence-corrected chi connectivity index (χ4v) is 1.54. The average Bonchev–Trinajstić information content (AvgIpc) is 2.23. The van der Waals surface area contributed by atoms with E-state index in [0.29, 0.717) is 0 Å². The first kappa shape index (κ1) is 14.9. The van der Waals surface area contributed by atoms with Crippen LogP contribution < -0.4 is 4.74 Å². The van der Waals surface area contributed by atoms with E-state index in [2.05, 4.69) is 27.7 Å². The molecule has 4 heteroatoms. The Labute approximate surface area is 106 Å². The first-order chi connectivity index (χ1) is 8.09. The Morgan fingerprint density at radius 3 is 2.28 bits per heavy atom. The van der Waals surface area contributed by atoms with E-state index in [4.69, 9.17) is 4.74 Å². The van der Waals surface area contributed by atoms with Crippen LogP contribution >= 0.6 is 0 Å². The third-order valence-corrected chi connectivity index (χ3v) is 3.06. The van der Waals surface area contributed by atoms with Gasteiger partial charge in [0.1, 0.15) is 5.75 Å². The largest absolute Gasteiger partial charge is 0.484 e. The van der Waals surface area contributed by atoms with Crippen LogP contribution in [0.15, 0.2) is 24.3 Å². The molecule has 0 N–H and O–H groups in total. The Morgan fingerprint density at radius 1 is 1.17 bits per heavy atom. The van der Waals surface area contributed by atoms with E-state index in [9.17, 15) is 13.2 Å². The molecule has 102 valence electrons. The van der Waals surface area contributed by atoms with E-state index in [0.717, 1.165) is 5.56 Å². The van der Waals surface area contributed by atoms with Crippen molar-refractivity contribution in [2.45, 2.75) is 39.8 Å². The Balaban J connectivity index is 2.80. The lowest BCUT2D eigenvalue weighted by atomic mass is 9.78. The van der Waals surface area contributed by atoms with Gasteiger partial charge in [0, 0.05) is 0 Å². The highest BCUT2D eigenvalue weighted by atomic mass is 19.4. The Morgan fingerprint density at radius 2 is 1.78 bits per heavy atom. The molecule has 0 bridgehead atoms. The summed E-state index contributed by atoms with van der Waals surface area (Å²) in [5.41, 5.74) is 1.05. The fraction of sp³-hybridized carbons (Fsp3) is 0.571. The minimum Gasteiger partial charge on any atom is -0.484 e. The summed E-state index contributed by atoms with van der Waals surface area (Å²) >= 11 is 0. The van der Waals surface area contributed by atoms with Crippen LogP contribution in [0.4, 0.5) is 13.2 Å². The minimum atomic E-state index is -4.30. The molecule has 1 unspecified atom stereocenters. The van der Waals surface area contributed by atoms with Crippen LogP contribution in [0.3, 0.4) is 0 Å². The van der Waals surface area contributed by atoms with Gasteiger partial charge in [-0.2, -0.15) is 13.2 Å². The average molecular weight is 260 g/mol. The lowest BCUT2D eigenvalue weighted by Gasteiger charge is -2.27. The summed E-state index contributed by atoms with van der Waals surface area (Å²) in [5, 5.41) is 0. The van der Waals surface area contributed by atoms with Gasteiger partial charge in [-0.25, -0.2) is 0 Å². The smallest absolute Gasteiger partial charge is 0.422 e. The second kappa shape index (κ2) is 5.21. The van der Waals surface area contributed by atoms with Crippen molar-refractivity contribution in [3.63, 3.8) is 0 Å². The summed E-state index contributed by atoms with van der Waals surface area (Å²) in [5.74, 6) is 0.507. The van der Waals surface area contributed by atoms with E-state index in [1.165, 1.54) is 0 Å². The van der Waals surface area contributed by atoms with E-state index in [1.54, 1.807) is 18.2 Å². The lowest BCUT2D eigenvalue weighted by molar-refractivity contribution is -0.153. The van der Waals surface area contributed by atoms with E-state index < -0.39 is 12.8 Å². The molecule has 0 aliphatic heterocycles. The van der Waals surface area contributed by atoms with Crippen molar-refractivity contribution in [2.24, 2.45) is 5.41 Å². The Bertz CT molecular complexity index is 391. The van der Waals surface area contributed by atoms with Gasteiger partial charge in [-0.3, -0.25) is 0 Å². The van der Waals surface area contributed by atoms with Crippen LogP contribution in [-0.2, 0) is 0 Å². The van der Waals surface area contributed by atoms with E-state index >= 15 is 0 Å². The van der Waals surface area contributed by atoms with Crippen LogP contribution in [0.25, 0.3) is 0 Å². The molecule has 0 aliphatic rings. The standard InChI is InChI=1S/C14H19F3O/c1-10(13(2,3)4)11-6-5-7-12(8-11)18-9-14(15,16)17/h5-8,10H,9H2,1-4H3. The zero-order valence-electron chi connectivity index (χ0n) is 11.1. The van der Waals surface area contributed by atoms with Crippen molar-refractivity contribution in [2.75, 3.05) is 6.61 Å². The lowest BCUT2D eigenvalue weighted by Crippen LogP contribution is -2.19. The molecule has 0 fully saturated rings. The molecular weight excluding hydrogens is 241 g/mol. The van der Waals surface area contributed by atoms with Crippen molar-refractivity contribution in [3.8, 4) is 5.75 Å². The Hall–Kier alpha value is -1.19. The van der Waals surface area contributed by atoms with Crippen LogP contribution in [0.5, 0.6) is 5.75 Å². The summed E-state index contributed by atoms with van der Waals surface area (Å²) in [6.45, 7) is 7.10. The molecule has 1 aromatic carbocycles. The van der Waals surface area contributed by atoms with Crippen LogP contribution in [-0.4, -0.2) is 12.8 Å². The van der Waals surface area contributed by atoms with Crippen molar-refractivity contribution >= 4 is 0 Å². The number of ether oxygens (including phenoxy) is 1. The predicted octanol–water partition coefficient (Wildman–Crippen LogP) is 4.78. The van der Waals surface area contributed by atoms with Gasteiger partial charge < -0.3 is 4.74 Å². The van der Waals surface area contributed by atoms with Crippen LogP contribution in [0.1, 0.15) is 39.2 Å². The molecule has 18 heavy (non-hydrogen) atoms. The van der Waals surface area contributed by atoms with Gasteiger partial charge in [0.2, 0.25) is 0 Å². The molecule has 1 rings (SSSR count). The monoisotopic (exact) mass is 260 g/mol. The molecular formula is C14H19F3O. The first-order valence-corrected chi connectivity index (χ1v) is 5.89. The normalized spacial score (nSPS) is 14.4. The summed E-state index contributed by atoms with van der Waals surface area (Å²) in [6, 6.07) is 6.87. The second-order valence-electron chi connectivity index (χ2n) is 5.56. The molecule has 0 saturated carbocycles. The maximum absolute atomic E-state index is 12.1. The van der Waals surface area contributed by atoms with Gasteiger partial charge >= 0.3 is 6.18 Å². The highest BCUT2D eigenvalue weighted by Crippen LogP contribution is 2.35. The molecule has 0 aliphatic carbocycles. The quantitative estimate of drug-likeness (QED) is 0.760. The van der Waals surface area contributed by atoms with Gasteiger partial charge in [0.25, 0.3) is 0 Å². The molecule has 1 atom stereocenters. The molecule has 1 nitrogen and oxygen atoms in total. The number of hydrogen-bond donors (Lipinski definition) is 0. The maximum atomic E-state index is 12.1. The molecule has 0 amide bonds. The van der Waals surface area contributed by atoms with Crippen LogP contribution in [0.2, 0.25) is 0 Å². The topological polar surface area (TPSA) is 9.23 Å². The number of hydrogen-bond acceptors (Lipinski definition) is 1. The first-order valence-electron chi connectivity index (χ1n) is 5.89. The summed E-state index contributed by atoms with van der Waals surface area (Å²) in [7, 11) is 0. The van der Waals surface area contributed by atoms with Gasteiger partial charge in [-0.15, -0.1) is 0 Å². The highest BCUT2D eigenvalue weighted by Gasteiger charge is 2.28. The Kier molecular flexibility index (Phi) is 4.30. The summed E-state index contributed by atoms with van der Waals surface area (Å²) in [6.07, 6.45) is -4.30. The number of rotatable bonds is 3. The SMILES string of the molecule is CC(c1cccc(OCC(F)(F)F)c1)C(C)(C)C. The molecule has 0 radical (unpaired) electrons. The van der Waals surface area contributed by atoms with Crippen molar-refractivity contribution in [1.29, 1.82) is 0 Å². The number of halogens is 3. The molecule has 0 spiro atoms. The predicted molar refractivity (Wildman–Crippen MR) is 65.9 cm³/mol. The third-order valence-electron chi connectivity index (χ3n) is 3.06. The second-order valence-corrected chi connectivity index (χ2v) is 5.56. The zero-order valence-corrected chi connectivity index (χ0v) is 11.1. The van der Waals surface area contributed by atoms with Crippen molar-refractivity contribution in [3.05, 3.63) is 29.8 Å². The fourth-order valence-electron chi connectivity index (χ4n) is 1.54. The maximum Gasteiger partial charge on any atom is 0.422 e. The van der Waals surface area contributed by atoms with E-state index in [-0.39, 0.29) is 17.1 Å². The summed E-state index contributed by atoms with van der Waals surface area (Å²) < 4.78 is 40.9. The van der Waals surface area contributed by atoms with Crippen molar-refractivity contribution < 1.29 is 17.9 Å². The molecule has 0 saturated heterocycles. The van der Waals surface area contributed by atoms with Gasteiger partial charge in [-0.1, -0.05) is 39.8 Å². The molecule has 0 heterocycles. The summed E-state index contributed by atoms with van der Waals surface area (Å²) in [4.78, 5) is 0.